The van der Waals surface area contributed by atoms with Crippen molar-refractivity contribution in [3.8, 4) is 6.01 Å². The average Bonchev–Trinajstić information content (AvgIpc) is 3.12. The Kier molecular flexibility index (Phi) is 8.01. The van der Waals surface area contributed by atoms with Crippen LogP contribution in [0.15, 0.2) is 30.6 Å². The fraction of sp³-hybridized carbons (Fsp3) is 0.476. The van der Waals surface area contributed by atoms with Gasteiger partial charge in [0.2, 0.25) is 0 Å². The van der Waals surface area contributed by atoms with Gasteiger partial charge in [-0.1, -0.05) is 37.6 Å². The van der Waals surface area contributed by atoms with Crippen molar-refractivity contribution < 1.29 is 18.3 Å². The first-order valence-electron chi connectivity index (χ1n) is 10.5. The van der Waals surface area contributed by atoms with Gasteiger partial charge in [0.05, 0.1) is 38.9 Å². The third-order valence-corrected chi connectivity index (χ3v) is 6.63. The lowest BCUT2D eigenvalue weighted by Gasteiger charge is -2.17. The molecular formula is C21H30N5O4P. The second-order valence-corrected chi connectivity index (χ2v) is 9.12. The summed E-state index contributed by atoms with van der Waals surface area (Å²) in [6.45, 7) is 7.43. The van der Waals surface area contributed by atoms with Crippen LogP contribution in [0.2, 0.25) is 0 Å². The van der Waals surface area contributed by atoms with Crippen molar-refractivity contribution in [2.24, 2.45) is 0 Å². The van der Waals surface area contributed by atoms with Crippen LogP contribution in [0.25, 0.3) is 11.2 Å². The highest BCUT2D eigenvalue weighted by Crippen LogP contribution is 2.51. The molecule has 0 spiro atoms. The van der Waals surface area contributed by atoms with Gasteiger partial charge >= 0.3 is 13.6 Å². The Balaban J connectivity index is 1.82. The average molecular weight is 447 g/mol. The number of anilines is 1. The Labute approximate surface area is 182 Å². The number of benzene rings is 1. The van der Waals surface area contributed by atoms with Crippen molar-refractivity contribution >= 4 is 24.6 Å². The summed E-state index contributed by atoms with van der Waals surface area (Å²) in [7, 11) is -3.17. The van der Waals surface area contributed by atoms with Crippen LogP contribution in [0.5, 0.6) is 6.01 Å². The van der Waals surface area contributed by atoms with Crippen LogP contribution < -0.4 is 10.5 Å². The van der Waals surface area contributed by atoms with E-state index in [1.54, 1.807) is 20.2 Å². The van der Waals surface area contributed by atoms with Crippen molar-refractivity contribution in [2.45, 2.75) is 46.3 Å². The van der Waals surface area contributed by atoms with Gasteiger partial charge in [-0.15, -0.1) is 0 Å². The van der Waals surface area contributed by atoms with Gasteiger partial charge in [-0.2, -0.15) is 9.97 Å². The molecule has 0 fully saturated rings. The molecule has 0 saturated heterocycles. The van der Waals surface area contributed by atoms with Gasteiger partial charge in [-0.25, -0.2) is 4.98 Å². The maximum absolute atomic E-state index is 12.9. The van der Waals surface area contributed by atoms with Gasteiger partial charge in [-0.05, 0) is 31.4 Å². The van der Waals surface area contributed by atoms with Crippen LogP contribution in [0.4, 0.5) is 5.82 Å². The standard InChI is InChI=1S/C21H30N5O4P/c1-4-7-11-28-21-24-19(22)18-20(25-21)26(15-23-18)13-16-9-8-10-17(12-16)14-31(27,29-5-2)30-6-3/h8-10,12,15H,4-7,11,13-14H2,1-3H3,(H2,22,24,25). The largest absolute Gasteiger partial charge is 0.463 e. The maximum atomic E-state index is 12.9. The second-order valence-electron chi connectivity index (χ2n) is 7.06. The van der Waals surface area contributed by atoms with Crippen LogP contribution in [0.1, 0.15) is 44.7 Å². The number of nitrogens with zero attached hydrogens (tertiary/aromatic N) is 4. The second kappa shape index (κ2) is 10.7. The van der Waals surface area contributed by atoms with E-state index in [1.807, 2.05) is 28.8 Å². The number of ether oxygens (including phenoxy) is 1. The zero-order chi connectivity index (χ0) is 22.3. The number of fused-ring (bicyclic) bond motifs is 1. The molecular weight excluding hydrogens is 417 g/mol. The summed E-state index contributed by atoms with van der Waals surface area (Å²) >= 11 is 0. The molecule has 0 aliphatic heterocycles. The van der Waals surface area contributed by atoms with E-state index in [0.29, 0.717) is 43.3 Å². The molecule has 2 N–H and O–H groups in total. The van der Waals surface area contributed by atoms with E-state index in [9.17, 15) is 4.57 Å². The molecule has 3 rings (SSSR count). The summed E-state index contributed by atoms with van der Waals surface area (Å²) in [5.74, 6) is 0.290. The molecule has 2 heterocycles. The lowest BCUT2D eigenvalue weighted by molar-refractivity contribution is 0.219. The molecule has 9 nitrogen and oxygen atoms in total. The molecule has 168 valence electrons. The lowest BCUT2D eigenvalue weighted by Crippen LogP contribution is -2.06. The van der Waals surface area contributed by atoms with E-state index in [2.05, 4.69) is 21.9 Å². The molecule has 0 amide bonds. The van der Waals surface area contributed by atoms with Crippen molar-refractivity contribution in [3.63, 3.8) is 0 Å². The SMILES string of the molecule is CCCCOc1nc(N)c2ncn(Cc3cccc(CP(=O)(OCC)OCC)c3)c2n1. The summed E-state index contributed by atoms with van der Waals surface area (Å²) in [5.41, 5.74) is 9.08. The highest BCUT2D eigenvalue weighted by molar-refractivity contribution is 7.53. The van der Waals surface area contributed by atoms with Crippen LogP contribution in [0, 0.1) is 0 Å². The topological polar surface area (TPSA) is 114 Å². The predicted octanol–water partition coefficient (Wildman–Crippen LogP) is 4.40. The van der Waals surface area contributed by atoms with E-state index in [0.717, 1.165) is 24.0 Å². The highest BCUT2D eigenvalue weighted by Gasteiger charge is 2.24. The number of nitrogen functional groups attached to an aromatic ring is 1. The van der Waals surface area contributed by atoms with Crippen molar-refractivity contribution in [1.82, 2.24) is 19.5 Å². The molecule has 0 unspecified atom stereocenters. The Bertz CT molecular complexity index is 1050. The number of nitrogens with two attached hydrogens (primary N) is 1. The summed E-state index contributed by atoms with van der Waals surface area (Å²) in [6, 6.07) is 8.07. The quantitative estimate of drug-likeness (QED) is 0.321. The van der Waals surface area contributed by atoms with Crippen LogP contribution in [-0.4, -0.2) is 39.3 Å². The van der Waals surface area contributed by atoms with E-state index < -0.39 is 7.60 Å². The Morgan fingerprint density at radius 2 is 1.84 bits per heavy atom. The fourth-order valence-electron chi connectivity index (χ4n) is 3.20. The summed E-state index contributed by atoms with van der Waals surface area (Å²) in [4.78, 5) is 13.0. The van der Waals surface area contributed by atoms with E-state index in [1.165, 1.54) is 0 Å². The number of aromatic nitrogens is 4. The Hall–Kier alpha value is -2.48. The molecule has 1 aromatic carbocycles. The minimum Gasteiger partial charge on any atom is -0.463 e. The fourth-order valence-corrected chi connectivity index (χ4v) is 4.89. The molecule has 3 aromatic rings. The van der Waals surface area contributed by atoms with Gasteiger partial charge in [0.25, 0.3) is 0 Å². The lowest BCUT2D eigenvalue weighted by atomic mass is 10.1. The smallest absolute Gasteiger partial charge is 0.335 e. The van der Waals surface area contributed by atoms with Crippen LogP contribution in [0.3, 0.4) is 0 Å². The van der Waals surface area contributed by atoms with Crippen molar-refractivity contribution in [2.75, 3.05) is 25.6 Å². The zero-order valence-corrected chi connectivity index (χ0v) is 19.2. The van der Waals surface area contributed by atoms with Gasteiger partial charge in [0.15, 0.2) is 17.0 Å². The molecule has 0 aliphatic carbocycles. The number of hydrogen-bond acceptors (Lipinski definition) is 8. The van der Waals surface area contributed by atoms with Gasteiger partial charge in [0, 0.05) is 0 Å². The Morgan fingerprint density at radius 3 is 2.55 bits per heavy atom. The van der Waals surface area contributed by atoms with Gasteiger partial charge in [-0.3, -0.25) is 4.57 Å². The number of imidazole rings is 1. The monoisotopic (exact) mass is 447 g/mol. The van der Waals surface area contributed by atoms with Gasteiger partial charge < -0.3 is 24.1 Å². The molecule has 0 atom stereocenters. The highest BCUT2D eigenvalue weighted by atomic mass is 31.2. The van der Waals surface area contributed by atoms with E-state index >= 15 is 0 Å². The van der Waals surface area contributed by atoms with Crippen LogP contribution in [-0.2, 0) is 26.3 Å². The molecule has 0 radical (unpaired) electrons. The third-order valence-electron chi connectivity index (χ3n) is 4.57. The number of rotatable bonds is 12. The molecule has 31 heavy (non-hydrogen) atoms. The molecule has 0 aliphatic rings. The zero-order valence-electron chi connectivity index (χ0n) is 18.3. The summed E-state index contributed by atoms with van der Waals surface area (Å²) in [5, 5.41) is 0. The predicted molar refractivity (Wildman–Crippen MR) is 120 cm³/mol. The number of hydrogen-bond donors (Lipinski definition) is 1. The molecule has 0 saturated carbocycles. The molecule has 2 aromatic heterocycles. The molecule has 10 heteroatoms. The third kappa shape index (κ3) is 6.03. The maximum Gasteiger partial charge on any atom is 0.335 e. The first kappa shape index (κ1) is 23.2. The first-order valence-corrected chi connectivity index (χ1v) is 12.3. The number of unbranched alkanes of at least 4 members (excludes halogenated alkanes) is 1. The Morgan fingerprint density at radius 1 is 1.10 bits per heavy atom. The molecule has 0 bridgehead atoms. The minimum atomic E-state index is -3.17. The van der Waals surface area contributed by atoms with Gasteiger partial charge in [0.1, 0.15) is 0 Å². The van der Waals surface area contributed by atoms with Crippen LogP contribution >= 0.6 is 7.60 Å². The van der Waals surface area contributed by atoms with Crippen molar-refractivity contribution in [1.29, 1.82) is 0 Å². The summed E-state index contributed by atoms with van der Waals surface area (Å²) < 4.78 is 31.2. The summed E-state index contributed by atoms with van der Waals surface area (Å²) in [6.07, 6.45) is 3.84. The van der Waals surface area contributed by atoms with E-state index in [-0.39, 0.29) is 12.2 Å². The minimum absolute atomic E-state index is 0.220. The van der Waals surface area contributed by atoms with E-state index in [4.69, 9.17) is 19.5 Å². The van der Waals surface area contributed by atoms with Crippen molar-refractivity contribution in [3.05, 3.63) is 41.7 Å². The normalized spacial score (nSPS) is 11.8. The first-order chi connectivity index (χ1) is 15.0.